The summed E-state index contributed by atoms with van der Waals surface area (Å²) < 4.78 is 0. The number of Topliss-reactive ketones (excluding diaryl/α,β-unsaturated/α-hetero) is 1. The maximum Gasteiger partial charge on any atom is 0.230 e. The smallest absolute Gasteiger partial charge is 0.230 e. The van der Waals surface area contributed by atoms with Gasteiger partial charge >= 0.3 is 0 Å². The highest BCUT2D eigenvalue weighted by Crippen LogP contribution is 2.22. The van der Waals surface area contributed by atoms with Crippen molar-refractivity contribution in [2.24, 2.45) is 0 Å². The molecule has 27 heavy (non-hydrogen) atoms. The number of hydrogen-bond donors (Lipinski definition) is 2. The molecule has 6 heteroatoms. The third kappa shape index (κ3) is 5.24. The van der Waals surface area contributed by atoms with E-state index in [0.717, 1.165) is 17.2 Å². The Hall–Kier alpha value is -2.99. The minimum absolute atomic E-state index is 0.000266. The Bertz CT molecular complexity index is 931. The molecule has 0 atom stereocenters. The van der Waals surface area contributed by atoms with E-state index in [1.54, 1.807) is 24.3 Å². The van der Waals surface area contributed by atoms with E-state index in [4.69, 9.17) is 0 Å². The fourth-order valence-electron chi connectivity index (χ4n) is 2.55. The van der Waals surface area contributed by atoms with Crippen molar-refractivity contribution in [2.75, 3.05) is 10.6 Å². The highest BCUT2D eigenvalue weighted by atomic mass is 32.1. The number of aromatic nitrogens is 1. The lowest BCUT2D eigenvalue weighted by molar-refractivity contribution is -0.115. The van der Waals surface area contributed by atoms with E-state index in [9.17, 15) is 9.59 Å². The van der Waals surface area contributed by atoms with Crippen LogP contribution in [-0.4, -0.2) is 16.7 Å². The molecule has 0 aliphatic rings. The van der Waals surface area contributed by atoms with Crippen LogP contribution in [0, 0.1) is 0 Å². The molecule has 3 aromatic rings. The van der Waals surface area contributed by atoms with Crippen molar-refractivity contribution in [1.82, 2.24) is 4.98 Å². The van der Waals surface area contributed by atoms with Crippen LogP contribution in [0.15, 0.2) is 53.9 Å². The molecule has 0 spiro atoms. The lowest BCUT2D eigenvalue weighted by atomic mass is 10.1. The molecule has 3 rings (SSSR count). The molecule has 1 amide bonds. The number of carbonyl (C=O) groups is 2. The largest absolute Gasteiger partial charge is 0.332 e. The molecule has 0 saturated carbocycles. The zero-order chi connectivity index (χ0) is 19.2. The summed E-state index contributed by atoms with van der Waals surface area (Å²) in [6, 6.07) is 15.1. The van der Waals surface area contributed by atoms with E-state index in [1.807, 2.05) is 17.5 Å². The Kier molecular flexibility index (Phi) is 5.98. The number of nitrogens with one attached hydrogen (secondary N) is 2. The maximum atomic E-state index is 12.2. The molecule has 0 fully saturated rings. The summed E-state index contributed by atoms with van der Waals surface area (Å²) in [5, 5.41) is 8.71. The van der Waals surface area contributed by atoms with Crippen LogP contribution >= 0.6 is 11.3 Å². The topological polar surface area (TPSA) is 71.1 Å². The van der Waals surface area contributed by atoms with Crippen LogP contribution in [0.25, 0.3) is 0 Å². The fourth-order valence-corrected chi connectivity index (χ4v) is 3.28. The average molecular weight is 379 g/mol. The van der Waals surface area contributed by atoms with Gasteiger partial charge < -0.3 is 10.6 Å². The number of thiazole rings is 1. The van der Waals surface area contributed by atoms with Crippen LogP contribution in [0.4, 0.5) is 16.5 Å². The number of amides is 1. The standard InChI is InChI=1S/C21H21N3O2S/c1-3-15-4-8-18(9-5-15)23-21-24-19(13-27-21)12-20(26)22-17-10-6-16(7-11-17)14(2)25/h4-11,13H,3,12H2,1-2H3,(H,22,26)(H,23,24). The molecule has 0 aliphatic heterocycles. The van der Waals surface area contributed by atoms with Crippen LogP contribution in [0.2, 0.25) is 0 Å². The first-order valence-electron chi connectivity index (χ1n) is 8.74. The molecule has 1 heterocycles. The lowest BCUT2D eigenvalue weighted by Gasteiger charge is -2.05. The van der Waals surface area contributed by atoms with E-state index in [0.29, 0.717) is 16.9 Å². The monoisotopic (exact) mass is 379 g/mol. The van der Waals surface area contributed by atoms with Crippen molar-refractivity contribution in [2.45, 2.75) is 26.7 Å². The van der Waals surface area contributed by atoms with E-state index in [-0.39, 0.29) is 18.1 Å². The summed E-state index contributed by atoms with van der Waals surface area (Å²) in [4.78, 5) is 28.0. The zero-order valence-corrected chi connectivity index (χ0v) is 16.1. The van der Waals surface area contributed by atoms with Crippen LogP contribution in [0.1, 0.15) is 35.5 Å². The quantitative estimate of drug-likeness (QED) is 0.577. The zero-order valence-electron chi connectivity index (χ0n) is 15.3. The van der Waals surface area contributed by atoms with Gasteiger partial charge in [0.05, 0.1) is 12.1 Å². The van der Waals surface area contributed by atoms with Gasteiger partial charge in [-0.25, -0.2) is 4.98 Å². The molecule has 0 saturated heterocycles. The van der Waals surface area contributed by atoms with E-state index in [1.165, 1.54) is 23.8 Å². The second-order valence-electron chi connectivity index (χ2n) is 6.18. The number of nitrogens with zero attached hydrogens (tertiary/aromatic N) is 1. The van der Waals surface area contributed by atoms with Gasteiger partial charge in [-0.1, -0.05) is 19.1 Å². The number of anilines is 3. The SMILES string of the molecule is CCc1ccc(Nc2nc(CC(=O)Nc3ccc(C(C)=O)cc3)cs2)cc1. The van der Waals surface area contributed by atoms with Crippen molar-refractivity contribution in [3.05, 3.63) is 70.7 Å². The first-order chi connectivity index (χ1) is 13.0. The molecule has 2 aromatic carbocycles. The molecule has 138 valence electrons. The Labute approximate surface area is 162 Å². The summed E-state index contributed by atoms with van der Waals surface area (Å²) in [6.45, 7) is 3.64. The van der Waals surface area contributed by atoms with Gasteiger partial charge in [0.25, 0.3) is 0 Å². The van der Waals surface area contributed by atoms with Crippen molar-refractivity contribution in [1.29, 1.82) is 0 Å². The Morgan fingerprint density at radius 3 is 2.30 bits per heavy atom. The number of rotatable bonds is 7. The normalized spacial score (nSPS) is 10.4. The lowest BCUT2D eigenvalue weighted by Crippen LogP contribution is -2.14. The van der Waals surface area contributed by atoms with E-state index >= 15 is 0 Å². The first kappa shape index (κ1) is 18.8. The third-order valence-electron chi connectivity index (χ3n) is 4.08. The summed E-state index contributed by atoms with van der Waals surface area (Å²) >= 11 is 1.47. The van der Waals surface area contributed by atoms with Gasteiger partial charge in [0, 0.05) is 22.3 Å². The maximum absolute atomic E-state index is 12.2. The van der Waals surface area contributed by atoms with Crippen LogP contribution in [0.3, 0.4) is 0 Å². The van der Waals surface area contributed by atoms with Gasteiger partial charge in [0.1, 0.15) is 0 Å². The van der Waals surface area contributed by atoms with E-state index < -0.39 is 0 Å². The predicted molar refractivity (Wildman–Crippen MR) is 110 cm³/mol. The summed E-state index contributed by atoms with van der Waals surface area (Å²) in [5.41, 5.74) is 4.26. The second-order valence-corrected chi connectivity index (χ2v) is 7.04. The number of hydrogen-bond acceptors (Lipinski definition) is 5. The summed E-state index contributed by atoms with van der Waals surface area (Å²) in [6.07, 6.45) is 1.20. The minimum atomic E-state index is -0.144. The van der Waals surface area contributed by atoms with Gasteiger partial charge in [-0.15, -0.1) is 11.3 Å². The Morgan fingerprint density at radius 2 is 1.67 bits per heavy atom. The minimum Gasteiger partial charge on any atom is -0.332 e. The molecule has 1 aromatic heterocycles. The molecule has 0 unspecified atom stereocenters. The van der Waals surface area contributed by atoms with Gasteiger partial charge in [-0.3, -0.25) is 9.59 Å². The van der Waals surface area contributed by atoms with Crippen LogP contribution < -0.4 is 10.6 Å². The summed E-state index contributed by atoms with van der Waals surface area (Å²) in [5.74, 6) is -0.144. The van der Waals surface area contributed by atoms with Gasteiger partial charge in [-0.2, -0.15) is 0 Å². The van der Waals surface area contributed by atoms with Crippen LogP contribution in [-0.2, 0) is 17.6 Å². The fraction of sp³-hybridized carbons (Fsp3) is 0.190. The van der Waals surface area contributed by atoms with Crippen molar-refractivity contribution in [3.63, 3.8) is 0 Å². The highest BCUT2D eigenvalue weighted by molar-refractivity contribution is 7.13. The van der Waals surface area contributed by atoms with Crippen molar-refractivity contribution >= 4 is 39.5 Å². The average Bonchev–Trinajstić information content (AvgIpc) is 3.09. The molecule has 2 N–H and O–H groups in total. The van der Waals surface area contributed by atoms with Crippen LogP contribution in [0.5, 0.6) is 0 Å². The summed E-state index contributed by atoms with van der Waals surface area (Å²) in [7, 11) is 0. The Morgan fingerprint density at radius 1 is 1.00 bits per heavy atom. The molecule has 5 nitrogen and oxygen atoms in total. The molecule has 0 bridgehead atoms. The second kappa shape index (κ2) is 8.60. The van der Waals surface area contributed by atoms with Gasteiger partial charge in [0.2, 0.25) is 5.91 Å². The Balaban J connectivity index is 1.56. The number of ketones is 1. The highest BCUT2D eigenvalue weighted by Gasteiger charge is 2.09. The molecular formula is C21H21N3O2S. The van der Waals surface area contributed by atoms with Crippen molar-refractivity contribution < 1.29 is 9.59 Å². The van der Waals surface area contributed by atoms with Crippen molar-refractivity contribution in [3.8, 4) is 0 Å². The molecule has 0 aliphatic carbocycles. The number of benzene rings is 2. The first-order valence-corrected chi connectivity index (χ1v) is 9.62. The third-order valence-corrected chi connectivity index (χ3v) is 4.89. The van der Waals surface area contributed by atoms with Gasteiger partial charge in [-0.05, 0) is 55.3 Å². The molecular weight excluding hydrogens is 358 g/mol. The number of carbonyl (C=O) groups excluding carboxylic acids is 2. The van der Waals surface area contributed by atoms with E-state index in [2.05, 4.69) is 34.7 Å². The molecule has 0 radical (unpaired) electrons. The predicted octanol–water partition coefficient (Wildman–Crippen LogP) is 4.83. The number of aryl methyl sites for hydroxylation is 1. The van der Waals surface area contributed by atoms with Gasteiger partial charge in [0.15, 0.2) is 10.9 Å².